The van der Waals surface area contributed by atoms with Crippen molar-refractivity contribution in [1.82, 2.24) is 14.9 Å². The van der Waals surface area contributed by atoms with Crippen LogP contribution in [-0.4, -0.2) is 54.1 Å². The van der Waals surface area contributed by atoms with Gasteiger partial charge in [0.25, 0.3) is 0 Å². The molecule has 5 nitrogen and oxygen atoms in total. The molecule has 1 aromatic rings. The molecule has 0 saturated carbocycles. The second kappa shape index (κ2) is 6.52. The molecule has 1 saturated heterocycles. The highest BCUT2D eigenvalue weighted by molar-refractivity contribution is 9.10. The molecule has 19 heavy (non-hydrogen) atoms. The zero-order valence-corrected chi connectivity index (χ0v) is 13.4. The molecule has 1 N–H and O–H groups in total. The van der Waals surface area contributed by atoms with Crippen LogP contribution in [0.2, 0.25) is 0 Å². The van der Waals surface area contributed by atoms with Gasteiger partial charge in [0.1, 0.15) is 22.4 Å². The smallest absolute Gasteiger partial charge is 0.148 e. The van der Waals surface area contributed by atoms with Gasteiger partial charge in [-0.15, -0.1) is 0 Å². The quantitative estimate of drug-likeness (QED) is 0.918. The SMILES string of the molecule is CCCNc1ncnc(N2CCN(C)C(C)C2)c1Br. The summed E-state index contributed by atoms with van der Waals surface area (Å²) >= 11 is 3.64. The second-order valence-corrected chi connectivity index (χ2v) is 5.86. The van der Waals surface area contributed by atoms with Gasteiger partial charge in [-0.2, -0.15) is 0 Å². The lowest BCUT2D eigenvalue weighted by atomic mass is 10.2. The molecule has 1 fully saturated rings. The summed E-state index contributed by atoms with van der Waals surface area (Å²) in [5, 5.41) is 3.33. The number of nitrogens with zero attached hydrogens (tertiary/aromatic N) is 4. The van der Waals surface area contributed by atoms with Crippen LogP contribution in [0.25, 0.3) is 0 Å². The molecule has 0 radical (unpaired) electrons. The third-order valence-corrected chi connectivity index (χ3v) is 4.30. The number of halogens is 1. The Morgan fingerprint density at radius 1 is 1.42 bits per heavy atom. The Morgan fingerprint density at radius 2 is 2.21 bits per heavy atom. The third kappa shape index (κ3) is 3.36. The summed E-state index contributed by atoms with van der Waals surface area (Å²) in [6.07, 6.45) is 2.72. The van der Waals surface area contributed by atoms with Crippen molar-refractivity contribution >= 4 is 27.6 Å². The molecule has 106 valence electrons. The average Bonchev–Trinajstić information content (AvgIpc) is 2.41. The van der Waals surface area contributed by atoms with Crippen molar-refractivity contribution in [2.45, 2.75) is 26.3 Å². The Kier molecular flexibility index (Phi) is 4.99. The summed E-state index contributed by atoms with van der Waals surface area (Å²) in [4.78, 5) is 13.4. The van der Waals surface area contributed by atoms with Crippen LogP contribution in [0.15, 0.2) is 10.8 Å². The van der Waals surface area contributed by atoms with E-state index in [4.69, 9.17) is 0 Å². The monoisotopic (exact) mass is 327 g/mol. The van der Waals surface area contributed by atoms with Gasteiger partial charge in [-0.05, 0) is 36.3 Å². The zero-order valence-electron chi connectivity index (χ0n) is 11.9. The highest BCUT2D eigenvalue weighted by Gasteiger charge is 2.24. The normalized spacial score (nSPS) is 20.6. The molecule has 0 aliphatic carbocycles. The molecule has 0 aromatic carbocycles. The van der Waals surface area contributed by atoms with Crippen LogP contribution in [0, 0.1) is 0 Å². The first-order chi connectivity index (χ1) is 9.13. The Hall–Kier alpha value is -0.880. The number of anilines is 2. The Balaban J connectivity index is 2.16. The molecular formula is C13H22BrN5. The van der Waals surface area contributed by atoms with Crippen molar-refractivity contribution in [3.05, 3.63) is 10.8 Å². The van der Waals surface area contributed by atoms with E-state index in [1.165, 1.54) is 0 Å². The van der Waals surface area contributed by atoms with Gasteiger partial charge < -0.3 is 15.1 Å². The predicted octanol–water partition coefficient (Wildman–Crippen LogP) is 2.20. The summed E-state index contributed by atoms with van der Waals surface area (Å²) in [7, 11) is 2.17. The maximum atomic E-state index is 4.44. The number of likely N-dealkylation sites (N-methyl/N-ethyl adjacent to an activating group) is 1. The summed E-state index contributed by atoms with van der Waals surface area (Å²) in [5.74, 6) is 1.88. The molecule has 1 atom stereocenters. The van der Waals surface area contributed by atoms with E-state index in [0.717, 1.165) is 48.7 Å². The molecule has 1 aliphatic rings. The molecule has 2 rings (SSSR count). The van der Waals surface area contributed by atoms with Crippen molar-refractivity contribution in [2.24, 2.45) is 0 Å². The number of piperazine rings is 1. The van der Waals surface area contributed by atoms with Crippen molar-refractivity contribution < 1.29 is 0 Å². The number of nitrogens with one attached hydrogen (secondary N) is 1. The number of hydrogen-bond donors (Lipinski definition) is 1. The van der Waals surface area contributed by atoms with Crippen LogP contribution in [0.3, 0.4) is 0 Å². The van der Waals surface area contributed by atoms with E-state index in [2.05, 4.69) is 61.9 Å². The lowest BCUT2D eigenvalue weighted by Gasteiger charge is -2.38. The maximum Gasteiger partial charge on any atom is 0.148 e. The van der Waals surface area contributed by atoms with Crippen molar-refractivity contribution in [3.63, 3.8) is 0 Å². The first-order valence-electron chi connectivity index (χ1n) is 6.83. The topological polar surface area (TPSA) is 44.3 Å². The fraction of sp³-hybridized carbons (Fsp3) is 0.692. The lowest BCUT2D eigenvalue weighted by Crippen LogP contribution is -2.50. The summed E-state index contributed by atoms with van der Waals surface area (Å²) in [6.45, 7) is 8.38. The van der Waals surface area contributed by atoms with E-state index < -0.39 is 0 Å². The second-order valence-electron chi connectivity index (χ2n) is 5.06. The van der Waals surface area contributed by atoms with Gasteiger partial charge in [0.15, 0.2) is 0 Å². The lowest BCUT2D eigenvalue weighted by molar-refractivity contribution is 0.233. The summed E-state index contributed by atoms with van der Waals surface area (Å²) < 4.78 is 0.972. The molecule has 6 heteroatoms. The molecule has 1 aliphatic heterocycles. The van der Waals surface area contributed by atoms with Crippen LogP contribution in [0.1, 0.15) is 20.3 Å². The minimum atomic E-state index is 0.544. The first-order valence-corrected chi connectivity index (χ1v) is 7.62. The molecule has 1 aromatic heterocycles. The van der Waals surface area contributed by atoms with E-state index in [1.54, 1.807) is 6.33 Å². The third-order valence-electron chi connectivity index (χ3n) is 3.57. The summed E-state index contributed by atoms with van der Waals surface area (Å²) in [5.41, 5.74) is 0. The van der Waals surface area contributed by atoms with Crippen LogP contribution < -0.4 is 10.2 Å². The average molecular weight is 328 g/mol. The Labute approximate surface area is 123 Å². The van der Waals surface area contributed by atoms with Crippen molar-refractivity contribution in [1.29, 1.82) is 0 Å². The van der Waals surface area contributed by atoms with Crippen LogP contribution >= 0.6 is 15.9 Å². The van der Waals surface area contributed by atoms with E-state index in [0.29, 0.717) is 6.04 Å². The first kappa shape index (κ1) is 14.5. The summed E-state index contributed by atoms with van der Waals surface area (Å²) in [6, 6.07) is 0.544. The number of hydrogen-bond acceptors (Lipinski definition) is 5. The minimum Gasteiger partial charge on any atom is -0.369 e. The van der Waals surface area contributed by atoms with E-state index in [1.807, 2.05) is 0 Å². The van der Waals surface area contributed by atoms with Crippen molar-refractivity contribution in [3.8, 4) is 0 Å². The fourth-order valence-electron chi connectivity index (χ4n) is 2.19. The minimum absolute atomic E-state index is 0.544. The van der Waals surface area contributed by atoms with Crippen LogP contribution in [-0.2, 0) is 0 Å². The Bertz CT molecular complexity index is 425. The molecule has 2 heterocycles. The van der Waals surface area contributed by atoms with E-state index in [9.17, 15) is 0 Å². The van der Waals surface area contributed by atoms with Gasteiger partial charge in [-0.1, -0.05) is 6.92 Å². The van der Waals surface area contributed by atoms with Gasteiger partial charge in [0.2, 0.25) is 0 Å². The standard InChI is InChI=1S/C13H22BrN5/c1-4-5-15-12-11(14)13(17-9-16-12)19-7-6-18(3)10(2)8-19/h9-10H,4-8H2,1-3H3,(H,15,16,17). The van der Waals surface area contributed by atoms with Gasteiger partial charge in [-0.3, -0.25) is 0 Å². The zero-order chi connectivity index (χ0) is 13.8. The predicted molar refractivity (Wildman–Crippen MR) is 82.8 cm³/mol. The largest absolute Gasteiger partial charge is 0.369 e. The molecule has 0 spiro atoms. The number of rotatable bonds is 4. The highest BCUT2D eigenvalue weighted by atomic mass is 79.9. The van der Waals surface area contributed by atoms with Crippen LogP contribution in [0.5, 0.6) is 0 Å². The van der Waals surface area contributed by atoms with Gasteiger partial charge in [-0.25, -0.2) is 9.97 Å². The van der Waals surface area contributed by atoms with Crippen molar-refractivity contribution in [2.75, 3.05) is 43.4 Å². The Morgan fingerprint density at radius 3 is 2.89 bits per heavy atom. The van der Waals surface area contributed by atoms with Crippen LogP contribution in [0.4, 0.5) is 11.6 Å². The maximum absolute atomic E-state index is 4.44. The fourth-order valence-corrected chi connectivity index (χ4v) is 2.78. The molecule has 1 unspecified atom stereocenters. The molecule has 0 bridgehead atoms. The molecular weight excluding hydrogens is 306 g/mol. The number of aromatic nitrogens is 2. The van der Waals surface area contributed by atoms with Gasteiger partial charge in [0.05, 0.1) is 0 Å². The van der Waals surface area contributed by atoms with E-state index in [-0.39, 0.29) is 0 Å². The van der Waals surface area contributed by atoms with Gasteiger partial charge in [0, 0.05) is 32.2 Å². The van der Waals surface area contributed by atoms with E-state index >= 15 is 0 Å². The molecule has 0 amide bonds. The van der Waals surface area contributed by atoms with Gasteiger partial charge >= 0.3 is 0 Å². The highest BCUT2D eigenvalue weighted by Crippen LogP contribution is 2.30.